The number of aromatic nitrogens is 2. The minimum atomic E-state index is -3.79. The van der Waals surface area contributed by atoms with Crippen LogP contribution in [0.3, 0.4) is 0 Å². The molecule has 1 aromatic rings. The van der Waals surface area contributed by atoms with Crippen molar-refractivity contribution < 1.29 is 13.2 Å². The lowest BCUT2D eigenvalue weighted by Gasteiger charge is -2.08. The van der Waals surface area contributed by atoms with E-state index in [2.05, 4.69) is 5.10 Å². The maximum atomic E-state index is 11.5. The van der Waals surface area contributed by atoms with Gasteiger partial charge in [0.2, 0.25) is 0 Å². The highest BCUT2D eigenvalue weighted by atomic mass is 35.7. The third-order valence-corrected chi connectivity index (χ3v) is 3.99. The van der Waals surface area contributed by atoms with Crippen molar-refractivity contribution in [3.05, 3.63) is 11.9 Å². The Morgan fingerprint density at radius 1 is 1.44 bits per heavy atom. The molecule has 0 saturated heterocycles. The molecule has 0 fully saturated rings. The summed E-state index contributed by atoms with van der Waals surface area (Å²) < 4.78 is 30.0. The standard InChI is InChI=1S/C11H19ClN2O3S/c1-5-9(4)14-6-11(18(12,15)16)10(13-14)7-17-8(2)3/h6,8-9H,5,7H2,1-4H3. The van der Waals surface area contributed by atoms with Gasteiger partial charge in [0.05, 0.1) is 12.7 Å². The monoisotopic (exact) mass is 294 g/mol. The molecule has 0 amide bonds. The normalized spacial score (nSPS) is 14.1. The van der Waals surface area contributed by atoms with E-state index in [9.17, 15) is 8.42 Å². The number of ether oxygens (including phenoxy) is 1. The molecule has 1 atom stereocenters. The van der Waals surface area contributed by atoms with Crippen molar-refractivity contribution in [3.8, 4) is 0 Å². The molecule has 0 aliphatic carbocycles. The Morgan fingerprint density at radius 3 is 2.50 bits per heavy atom. The Bertz CT molecular complexity index is 496. The Labute approximate surface area is 113 Å². The third-order valence-electron chi connectivity index (χ3n) is 2.63. The number of hydrogen-bond donors (Lipinski definition) is 0. The predicted molar refractivity (Wildman–Crippen MR) is 70.2 cm³/mol. The van der Waals surface area contributed by atoms with Gasteiger partial charge in [0, 0.05) is 22.9 Å². The molecule has 1 heterocycles. The fourth-order valence-corrected chi connectivity index (χ4v) is 2.38. The number of rotatable bonds is 6. The zero-order chi connectivity index (χ0) is 13.9. The molecule has 0 radical (unpaired) electrons. The molecular weight excluding hydrogens is 276 g/mol. The summed E-state index contributed by atoms with van der Waals surface area (Å²) in [7, 11) is 1.61. The van der Waals surface area contributed by atoms with Crippen molar-refractivity contribution in [2.45, 2.75) is 57.8 Å². The van der Waals surface area contributed by atoms with Gasteiger partial charge in [0.15, 0.2) is 0 Å². The van der Waals surface area contributed by atoms with Crippen LogP contribution in [0, 0.1) is 0 Å². The fraction of sp³-hybridized carbons (Fsp3) is 0.727. The molecule has 0 saturated carbocycles. The lowest BCUT2D eigenvalue weighted by atomic mass is 10.3. The highest BCUT2D eigenvalue weighted by molar-refractivity contribution is 8.13. The molecule has 0 aliphatic heterocycles. The molecule has 1 rings (SSSR count). The molecule has 104 valence electrons. The molecule has 1 unspecified atom stereocenters. The molecule has 0 N–H and O–H groups in total. The minimum Gasteiger partial charge on any atom is -0.372 e. The average molecular weight is 295 g/mol. The van der Waals surface area contributed by atoms with Crippen LogP contribution < -0.4 is 0 Å². The Morgan fingerprint density at radius 2 is 2.06 bits per heavy atom. The van der Waals surface area contributed by atoms with Crippen LogP contribution in [0.15, 0.2) is 11.1 Å². The minimum absolute atomic E-state index is 0.00429. The van der Waals surface area contributed by atoms with E-state index < -0.39 is 9.05 Å². The van der Waals surface area contributed by atoms with Crippen LogP contribution in [0.5, 0.6) is 0 Å². The van der Waals surface area contributed by atoms with E-state index in [0.717, 1.165) is 6.42 Å². The van der Waals surface area contributed by atoms with E-state index in [1.54, 1.807) is 4.68 Å². The molecule has 5 nitrogen and oxygen atoms in total. The highest BCUT2D eigenvalue weighted by Gasteiger charge is 2.22. The van der Waals surface area contributed by atoms with Gasteiger partial charge in [-0.3, -0.25) is 4.68 Å². The van der Waals surface area contributed by atoms with Crippen LogP contribution in [0.25, 0.3) is 0 Å². The molecule has 1 aromatic heterocycles. The van der Waals surface area contributed by atoms with Gasteiger partial charge in [0.1, 0.15) is 10.6 Å². The summed E-state index contributed by atoms with van der Waals surface area (Å²) in [5.41, 5.74) is 0.360. The third kappa shape index (κ3) is 3.96. The summed E-state index contributed by atoms with van der Waals surface area (Å²) in [5, 5.41) is 4.25. The van der Waals surface area contributed by atoms with Crippen LogP contribution in [0.4, 0.5) is 0 Å². The Kier molecular flexibility index (Phi) is 5.19. The summed E-state index contributed by atoms with van der Waals surface area (Å²) in [6, 6.07) is 0.120. The van der Waals surface area contributed by atoms with Crippen LogP contribution in [0.1, 0.15) is 45.9 Å². The van der Waals surface area contributed by atoms with Crippen LogP contribution in [0.2, 0.25) is 0 Å². The molecular formula is C11H19ClN2O3S. The predicted octanol–water partition coefficient (Wildman–Crippen LogP) is 2.71. The van der Waals surface area contributed by atoms with Crippen molar-refractivity contribution in [1.29, 1.82) is 0 Å². The SMILES string of the molecule is CCC(C)n1cc(S(=O)(=O)Cl)c(COC(C)C)n1. The van der Waals surface area contributed by atoms with E-state index in [-0.39, 0.29) is 23.6 Å². The second-order valence-electron chi connectivity index (χ2n) is 4.47. The summed E-state index contributed by atoms with van der Waals surface area (Å²) >= 11 is 0. The van der Waals surface area contributed by atoms with E-state index in [0.29, 0.717) is 5.69 Å². The molecule has 7 heteroatoms. The van der Waals surface area contributed by atoms with E-state index in [4.69, 9.17) is 15.4 Å². The zero-order valence-electron chi connectivity index (χ0n) is 11.1. The van der Waals surface area contributed by atoms with E-state index in [1.807, 2.05) is 27.7 Å². The van der Waals surface area contributed by atoms with Crippen molar-refractivity contribution in [2.24, 2.45) is 0 Å². The van der Waals surface area contributed by atoms with Gasteiger partial charge in [0.25, 0.3) is 9.05 Å². The lowest BCUT2D eigenvalue weighted by molar-refractivity contribution is 0.0618. The maximum Gasteiger partial charge on any atom is 0.264 e. The summed E-state index contributed by atoms with van der Waals surface area (Å²) in [5.74, 6) is 0. The van der Waals surface area contributed by atoms with E-state index >= 15 is 0 Å². The van der Waals surface area contributed by atoms with Gasteiger partial charge < -0.3 is 4.74 Å². The second-order valence-corrected chi connectivity index (χ2v) is 7.01. The number of hydrogen-bond acceptors (Lipinski definition) is 4. The Hall–Kier alpha value is -0.590. The van der Waals surface area contributed by atoms with Crippen molar-refractivity contribution >= 4 is 19.7 Å². The molecule has 18 heavy (non-hydrogen) atoms. The van der Waals surface area contributed by atoms with Gasteiger partial charge in [-0.1, -0.05) is 6.92 Å². The van der Waals surface area contributed by atoms with Gasteiger partial charge in [-0.05, 0) is 27.2 Å². The van der Waals surface area contributed by atoms with Crippen LogP contribution >= 0.6 is 10.7 Å². The van der Waals surface area contributed by atoms with Crippen molar-refractivity contribution in [3.63, 3.8) is 0 Å². The summed E-state index contributed by atoms with van der Waals surface area (Å²) in [4.78, 5) is 0.0325. The quantitative estimate of drug-likeness (QED) is 0.757. The van der Waals surface area contributed by atoms with Gasteiger partial charge in [-0.15, -0.1) is 0 Å². The van der Waals surface area contributed by atoms with Crippen molar-refractivity contribution in [2.75, 3.05) is 0 Å². The maximum absolute atomic E-state index is 11.5. The number of nitrogens with zero attached hydrogens (tertiary/aromatic N) is 2. The van der Waals surface area contributed by atoms with Crippen molar-refractivity contribution in [1.82, 2.24) is 9.78 Å². The average Bonchev–Trinajstić information content (AvgIpc) is 2.69. The molecule has 0 aliphatic rings. The van der Waals surface area contributed by atoms with Crippen LogP contribution in [-0.4, -0.2) is 24.3 Å². The molecule has 0 spiro atoms. The lowest BCUT2D eigenvalue weighted by Crippen LogP contribution is -2.07. The first-order chi connectivity index (χ1) is 8.25. The summed E-state index contributed by atoms with van der Waals surface area (Å²) in [6.45, 7) is 7.86. The number of halogens is 1. The topological polar surface area (TPSA) is 61.2 Å². The Balaban J connectivity index is 3.09. The van der Waals surface area contributed by atoms with E-state index in [1.165, 1.54) is 6.20 Å². The second kappa shape index (κ2) is 6.04. The summed E-state index contributed by atoms with van der Waals surface area (Å²) in [6.07, 6.45) is 2.33. The zero-order valence-corrected chi connectivity index (χ0v) is 12.6. The smallest absolute Gasteiger partial charge is 0.264 e. The fourth-order valence-electron chi connectivity index (χ4n) is 1.37. The first kappa shape index (κ1) is 15.5. The van der Waals surface area contributed by atoms with Crippen LogP contribution in [-0.2, 0) is 20.4 Å². The first-order valence-electron chi connectivity index (χ1n) is 5.90. The van der Waals surface area contributed by atoms with Gasteiger partial charge >= 0.3 is 0 Å². The first-order valence-corrected chi connectivity index (χ1v) is 8.21. The highest BCUT2D eigenvalue weighted by Crippen LogP contribution is 2.22. The van der Waals surface area contributed by atoms with Gasteiger partial charge in [-0.2, -0.15) is 5.10 Å². The molecule has 0 bridgehead atoms. The molecule has 0 aromatic carbocycles. The van der Waals surface area contributed by atoms with Gasteiger partial charge in [-0.25, -0.2) is 8.42 Å². The largest absolute Gasteiger partial charge is 0.372 e.